The molecule has 0 aromatic heterocycles. The number of fused-ring (bicyclic) bond motifs is 2. The number of hydrogen-bond acceptors (Lipinski definition) is 3. The monoisotopic (exact) mass is 394 g/mol. The SMILES string of the molecule is COc1ccc(C(=O)N2CC3(CCN(CC4CC4)CC3)c3cc(F)ccc32)cc1. The molecule has 1 saturated carbocycles. The maximum Gasteiger partial charge on any atom is 0.258 e. The van der Waals surface area contributed by atoms with Gasteiger partial charge >= 0.3 is 0 Å². The summed E-state index contributed by atoms with van der Waals surface area (Å²) < 4.78 is 19.4. The maximum absolute atomic E-state index is 14.2. The van der Waals surface area contributed by atoms with Crippen LogP contribution in [0.2, 0.25) is 0 Å². The third-order valence-corrected chi connectivity index (χ3v) is 6.89. The van der Waals surface area contributed by atoms with E-state index in [1.807, 2.05) is 4.90 Å². The lowest BCUT2D eigenvalue weighted by atomic mass is 9.74. The topological polar surface area (TPSA) is 32.8 Å². The lowest BCUT2D eigenvalue weighted by Gasteiger charge is -2.40. The number of amides is 1. The fourth-order valence-electron chi connectivity index (χ4n) is 4.97. The first-order valence-electron chi connectivity index (χ1n) is 10.6. The molecule has 4 nitrogen and oxygen atoms in total. The van der Waals surface area contributed by atoms with Gasteiger partial charge in [0.05, 0.1) is 7.11 Å². The highest BCUT2D eigenvalue weighted by molar-refractivity contribution is 6.07. The summed E-state index contributed by atoms with van der Waals surface area (Å²) in [6.07, 6.45) is 4.67. The first kappa shape index (κ1) is 18.6. The summed E-state index contributed by atoms with van der Waals surface area (Å²) in [5, 5.41) is 0. The minimum atomic E-state index is -0.220. The van der Waals surface area contributed by atoms with Gasteiger partial charge in [0.2, 0.25) is 0 Å². The molecule has 0 atom stereocenters. The van der Waals surface area contributed by atoms with Gasteiger partial charge in [-0.15, -0.1) is 0 Å². The van der Waals surface area contributed by atoms with Crippen molar-refractivity contribution in [2.75, 3.05) is 38.2 Å². The molecule has 1 spiro atoms. The number of benzene rings is 2. The summed E-state index contributed by atoms with van der Waals surface area (Å²) in [6, 6.07) is 12.1. The number of piperidine rings is 1. The Bertz CT molecular complexity index is 915. The molecule has 1 amide bonds. The van der Waals surface area contributed by atoms with E-state index in [0.717, 1.165) is 48.8 Å². The molecular formula is C24H27FN2O2. The van der Waals surface area contributed by atoms with Crippen LogP contribution in [-0.4, -0.2) is 44.1 Å². The van der Waals surface area contributed by atoms with Crippen molar-refractivity contribution in [3.8, 4) is 5.75 Å². The van der Waals surface area contributed by atoms with Crippen LogP contribution in [0.15, 0.2) is 42.5 Å². The number of hydrogen-bond donors (Lipinski definition) is 0. The summed E-state index contributed by atoms with van der Waals surface area (Å²) >= 11 is 0. The van der Waals surface area contributed by atoms with Crippen LogP contribution in [0.5, 0.6) is 5.75 Å². The molecule has 2 aromatic carbocycles. The Morgan fingerprint density at radius 1 is 1.14 bits per heavy atom. The Labute approximate surface area is 171 Å². The van der Waals surface area contributed by atoms with Crippen molar-refractivity contribution in [1.82, 2.24) is 4.90 Å². The first-order chi connectivity index (χ1) is 14.1. The molecule has 2 fully saturated rings. The third-order valence-electron chi connectivity index (χ3n) is 6.89. The summed E-state index contributed by atoms with van der Waals surface area (Å²) in [5.41, 5.74) is 2.36. The van der Waals surface area contributed by atoms with E-state index in [0.29, 0.717) is 12.1 Å². The predicted molar refractivity (Wildman–Crippen MR) is 111 cm³/mol. The molecule has 5 heteroatoms. The second kappa shape index (κ2) is 7.13. The normalized spacial score (nSPS) is 20.7. The number of ether oxygens (including phenoxy) is 1. The smallest absolute Gasteiger partial charge is 0.258 e. The van der Waals surface area contributed by atoms with Crippen molar-refractivity contribution in [3.05, 3.63) is 59.4 Å². The molecule has 1 aliphatic carbocycles. The van der Waals surface area contributed by atoms with Gasteiger partial charge in [0.1, 0.15) is 11.6 Å². The number of carbonyl (C=O) groups is 1. The number of methoxy groups -OCH3 is 1. The molecule has 0 N–H and O–H groups in total. The fraction of sp³-hybridized carbons (Fsp3) is 0.458. The Morgan fingerprint density at radius 3 is 2.52 bits per heavy atom. The molecule has 3 aliphatic rings. The average molecular weight is 394 g/mol. The Hall–Kier alpha value is -2.40. The molecule has 2 aliphatic heterocycles. The highest BCUT2D eigenvalue weighted by Gasteiger charge is 2.47. The maximum atomic E-state index is 14.2. The summed E-state index contributed by atoms with van der Waals surface area (Å²) in [7, 11) is 1.61. The van der Waals surface area contributed by atoms with Gasteiger partial charge in [0.25, 0.3) is 5.91 Å². The largest absolute Gasteiger partial charge is 0.497 e. The summed E-state index contributed by atoms with van der Waals surface area (Å²) in [4.78, 5) is 17.7. The molecule has 0 bridgehead atoms. The Balaban J connectivity index is 1.42. The summed E-state index contributed by atoms with van der Waals surface area (Å²) in [6.45, 7) is 3.88. The van der Waals surface area contributed by atoms with E-state index in [1.54, 1.807) is 43.5 Å². The van der Waals surface area contributed by atoms with Gasteiger partial charge in [-0.3, -0.25) is 4.79 Å². The minimum Gasteiger partial charge on any atom is -0.497 e. The molecular weight excluding hydrogens is 367 g/mol. The highest BCUT2D eigenvalue weighted by atomic mass is 19.1. The van der Waals surface area contributed by atoms with E-state index in [1.165, 1.54) is 25.5 Å². The number of nitrogens with zero attached hydrogens (tertiary/aromatic N) is 2. The number of rotatable bonds is 4. The molecule has 5 rings (SSSR count). The van der Waals surface area contributed by atoms with Crippen LogP contribution in [0.1, 0.15) is 41.6 Å². The van der Waals surface area contributed by atoms with Crippen LogP contribution < -0.4 is 9.64 Å². The van der Waals surface area contributed by atoms with Crippen molar-refractivity contribution >= 4 is 11.6 Å². The second-order valence-corrected chi connectivity index (χ2v) is 8.81. The van der Waals surface area contributed by atoms with Crippen molar-refractivity contribution in [2.24, 2.45) is 5.92 Å². The van der Waals surface area contributed by atoms with Gasteiger partial charge in [-0.25, -0.2) is 4.39 Å². The van der Waals surface area contributed by atoms with Gasteiger partial charge in [-0.2, -0.15) is 0 Å². The summed E-state index contributed by atoms with van der Waals surface area (Å²) in [5.74, 6) is 1.36. The zero-order valence-electron chi connectivity index (χ0n) is 16.9. The average Bonchev–Trinajstić information content (AvgIpc) is 3.52. The van der Waals surface area contributed by atoms with Crippen molar-refractivity contribution in [1.29, 1.82) is 0 Å². The molecule has 2 aromatic rings. The lowest BCUT2D eigenvalue weighted by molar-refractivity contribution is 0.0976. The van der Waals surface area contributed by atoms with E-state index in [9.17, 15) is 9.18 Å². The van der Waals surface area contributed by atoms with Crippen LogP contribution >= 0.6 is 0 Å². The standard InChI is InChI=1S/C24H27FN2O2/c1-29-20-7-4-18(5-8-20)23(28)27-16-24(21-14-19(25)6-9-22(21)27)10-12-26(13-11-24)15-17-2-3-17/h4-9,14,17H,2-3,10-13,15-16H2,1H3. The van der Waals surface area contributed by atoms with Crippen molar-refractivity contribution in [2.45, 2.75) is 31.1 Å². The fourth-order valence-corrected chi connectivity index (χ4v) is 4.97. The lowest BCUT2D eigenvalue weighted by Crippen LogP contribution is -2.46. The third kappa shape index (κ3) is 3.42. The van der Waals surface area contributed by atoms with E-state index < -0.39 is 0 Å². The minimum absolute atomic E-state index is 0.0298. The quantitative estimate of drug-likeness (QED) is 0.778. The highest BCUT2D eigenvalue weighted by Crippen LogP contribution is 2.48. The predicted octanol–water partition coefficient (Wildman–Crippen LogP) is 4.24. The van der Waals surface area contributed by atoms with Gasteiger partial charge < -0.3 is 14.5 Å². The van der Waals surface area contributed by atoms with Crippen LogP contribution in [0, 0.1) is 11.7 Å². The molecule has 1 saturated heterocycles. The number of anilines is 1. The van der Waals surface area contributed by atoms with Crippen LogP contribution in [-0.2, 0) is 5.41 Å². The zero-order valence-corrected chi connectivity index (χ0v) is 16.9. The van der Waals surface area contributed by atoms with Gasteiger partial charge in [0, 0.05) is 29.8 Å². The van der Waals surface area contributed by atoms with E-state index >= 15 is 0 Å². The molecule has 0 unspecified atom stereocenters. The molecule has 29 heavy (non-hydrogen) atoms. The Kier molecular flexibility index (Phi) is 4.58. The van der Waals surface area contributed by atoms with Gasteiger partial charge in [-0.1, -0.05) is 0 Å². The van der Waals surface area contributed by atoms with Crippen molar-refractivity contribution < 1.29 is 13.9 Å². The van der Waals surface area contributed by atoms with E-state index in [4.69, 9.17) is 4.74 Å². The first-order valence-corrected chi connectivity index (χ1v) is 10.6. The van der Waals surface area contributed by atoms with Crippen LogP contribution in [0.4, 0.5) is 10.1 Å². The van der Waals surface area contributed by atoms with E-state index in [-0.39, 0.29) is 17.1 Å². The molecule has 152 valence electrons. The number of likely N-dealkylation sites (tertiary alicyclic amines) is 1. The number of halogens is 1. The van der Waals surface area contributed by atoms with Gasteiger partial charge in [-0.05, 0) is 92.7 Å². The zero-order chi connectivity index (χ0) is 20.0. The van der Waals surface area contributed by atoms with E-state index in [2.05, 4.69) is 4.90 Å². The van der Waals surface area contributed by atoms with Crippen molar-refractivity contribution in [3.63, 3.8) is 0 Å². The molecule has 0 radical (unpaired) electrons. The Morgan fingerprint density at radius 2 is 1.86 bits per heavy atom. The molecule has 2 heterocycles. The van der Waals surface area contributed by atoms with Gasteiger partial charge in [0.15, 0.2) is 0 Å². The number of carbonyl (C=O) groups excluding carboxylic acids is 1. The second-order valence-electron chi connectivity index (χ2n) is 8.81. The van der Waals surface area contributed by atoms with Crippen LogP contribution in [0.25, 0.3) is 0 Å². The van der Waals surface area contributed by atoms with Crippen LogP contribution in [0.3, 0.4) is 0 Å².